The van der Waals surface area contributed by atoms with Gasteiger partial charge in [-0.3, -0.25) is 0 Å². The first-order valence-corrected chi connectivity index (χ1v) is 7.33. The minimum atomic E-state index is -0.601. The summed E-state index contributed by atoms with van der Waals surface area (Å²) in [5.74, 6) is -0.268. The molecule has 2 aromatic rings. The van der Waals surface area contributed by atoms with Crippen molar-refractivity contribution in [3.63, 3.8) is 0 Å². The number of rotatable bonds is 4. The van der Waals surface area contributed by atoms with E-state index in [-0.39, 0.29) is 18.2 Å². The van der Waals surface area contributed by atoms with Gasteiger partial charge in [0.25, 0.3) is 0 Å². The summed E-state index contributed by atoms with van der Waals surface area (Å²) < 4.78 is 19.4. The van der Waals surface area contributed by atoms with E-state index >= 15 is 0 Å². The molecule has 0 aromatic heterocycles. The molecular formula is C18H18ClFN2O. The molecule has 5 heteroatoms. The summed E-state index contributed by atoms with van der Waals surface area (Å²) in [5, 5.41) is 9.04. The van der Waals surface area contributed by atoms with Gasteiger partial charge in [0.05, 0.1) is 18.2 Å². The van der Waals surface area contributed by atoms with Crippen LogP contribution in [0.15, 0.2) is 42.5 Å². The number of fused-ring (bicyclic) bond motifs is 1. The van der Waals surface area contributed by atoms with E-state index in [0.717, 1.165) is 29.5 Å². The normalized spacial score (nSPS) is 18.8. The number of nitrogens with two attached hydrogens (primary N) is 1. The first kappa shape index (κ1) is 17.4. The molecule has 2 aromatic carbocycles. The fourth-order valence-electron chi connectivity index (χ4n) is 3.12. The van der Waals surface area contributed by atoms with Gasteiger partial charge in [0.1, 0.15) is 11.4 Å². The van der Waals surface area contributed by atoms with Crippen LogP contribution in [0.3, 0.4) is 0 Å². The van der Waals surface area contributed by atoms with Crippen molar-refractivity contribution in [2.75, 3.05) is 6.54 Å². The van der Waals surface area contributed by atoms with Gasteiger partial charge in [-0.25, -0.2) is 4.39 Å². The number of halogens is 2. The Bertz CT molecular complexity index is 727. The third kappa shape index (κ3) is 3.09. The molecule has 1 atom stereocenters. The zero-order valence-corrected chi connectivity index (χ0v) is 13.4. The Morgan fingerprint density at radius 1 is 1.22 bits per heavy atom. The van der Waals surface area contributed by atoms with Crippen LogP contribution in [0, 0.1) is 17.1 Å². The third-order valence-electron chi connectivity index (χ3n) is 4.19. The smallest absolute Gasteiger partial charge is 0.123 e. The highest BCUT2D eigenvalue weighted by Crippen LogP contribution is 2.45. The SMILES string of the molecule is Cl.N#Cc1ccc2c(c1)CO[C@@]2(CCCN)c1ccc(F)cc1. The molecular weight excluding hydrogens is 315 g/mol. The first-order chi connectivity index (χ1) is 10.7. The summed E-state index contributed by atoms with van der Waals surface area (Å²) in [6.45, 7) is 1.02. The second-order valence-corrected chi connectivity index (χ2v) is 5.50. The molecule has 0 unspecified atom stereocenters. The Balaban J connectivity index is 0.00000192. The van der Waals surface area contributed by atoms with Crippen LogP contribution < -0.4 is 5.73 Å². The lowest BCUT2D eigenvalue weighted by atomic mass is 9.81. The Hall–Kier alpha value is -1.93. The molecule has 1 aliphatic heterocycles. The number of nitriles is 1. The molecule has 120 valence electrons. The molecule has 1 aliphatic rings. The molecule has 0 saturated heterocycles. The van der Waals surface area contributed by atoms with Crippen molar-refractivity contribution in [1.29, 1.82) is 5.26 Å². The van der Waals surface area contributed by atoms with Crippen LogP contribution in [-0.2, 0) is 16.9 Å². The maximum Gasteiger partial charge on any atom is 0.123 e. The first-order valence-electron chi connectivity index (χ1n) is 7.33. The highest BCUT2D eigenvalue weighted by molar-refractivity contribution is 5.85. The van der Waals surface area contributed by atoms with E-state index in [2.05, 4.69) is 6.07 Å². The summed E-state index contributed by atoms with van der Waals surface area (Å²) in [6, 6.07) is 14.2. The molecule has 0 radical (unpaired) electrons. The number of hydrogen-bond acceptors (Lipinski definition) is 3. The van der Waals surface area contributed by atoms with Crippen molar-refractivity contribution < 1.29 is 9.13 Å². The zero-order valence-electron chi connectivity index (χ0n) is 12.6. The highest BCUT2D eigenvalue weighted by Gasteiger charge is 2.41. The zero-order chi connectivity index (χ0) is 15.6. The van der Waals surface area contributed by atoms with Gasteiger partial charge < -0.3 is 10.5 Å². The number of ether oxygens (including phenoxy) is 1. The van der Waals surface area contributed by atoms with Crippen LogP contribution in [0.2, 0.25) is 0 Å². The topological polar surface area (TPSA) is 59.0 Å². The van der Waals surface area contributed by atoms with Gasteiger partial charge in [0, 0.05) is 0 Å². The maximum absolute atomic E-state index is 13.2. The van der Waals surface area contributed by atoms with Crippen molar-refractivity contribution in [2.45, 2.75) is 25.0 Å². The summed E-state index contributed by atoms with van der Waals surface area (Å²) in [4.78, 5) is 0. The largest absolute Gasteiger partial charge is 0.361 e. The van der Waals surface area contributed by atoms with E-state index in [1.165, 1.54) is 12.1 Å². The Labute approximate surface area is 141 Å². The lowest BCUT2D eigenvalue weighted by molar-refractivity contribution is -0.0126. The summed E-state index contributed by atoms with van der Waals surface area (Å²) in [5.41, 5.74) is 8.68. The van der Waals surface area contributed by atoms with Gasteiger partial charge in [0.2, 0.25) is 0 Å². The summed E-state index contributed by atoms with van der Waals surface area (Å²) in [7, 11) is 0. The lowest BCUT2D eigenvalue weighted by Gasteiger charge is -2.30. The second-order valence-electron chi connectivity index (χ2n) is 5.50. The number of benzene rings is 2. The van der Waals surface area contributed by atoms with Gasteiger partial charge in [-0.1, -0.05) is 18.2 Å². The predicted molar refractivity (Wildman–Crippen MR) is 88.7 cm³/mol. The van der Waals surface area contributed by atoms with Crippen LogP contribution in [0.1, 0.15) is 35.1 Å². The molecule has 0 bridgehead atoms. The molecule has 0 aliphatic carbocycles. The summed E-state index contributed by atoms with van der Waals surface area (Å²) in [6.07, 6.45) is 1.53. The van der Waals surface area contributed by atoms with E-state index in [4.69, 9.17) is 15.7 Å². The van der Waals surface area contributed by atoms with Crippen molar-refractivity contribution >= 4 is 12.4 Å². The van der Waals surface area contributed by atoms with Gasteiger partial charge in [0.15, 0.2) is 0 Å². The van der Waals surface area contributed by atoms with Gasteiger partial charge in [-0.05, 0) is 60.3 Å². The fourth-order valence-corrected chi connectivity index (χ4v) is 3.12. The van der Waals surface area contributed by atoms with Crippen LogP contribution in [-0.4, -0.2) is 6.54 Å². The van der Waals surface area contributed by atoms with E-state index in [1.54, 1.807) is 18.2 Å². The molecule has 2 N–H and O–H groups in total. The van der Waals surface area contributed by atoms with Crippen molar-refractivity contribution in [2.24, 2.45) is 5.73 Å². The molecule has 0 amide bonds. The molecule has 0 spiro atoms. The van der Waals surface area contributed by atoms with Crippen molar-refractivity contribution in [1.82, 2.24) is 0 Å². The number of hydrogen-bond donors (Lipinski definition) is 1. The van der Waals surface area contributed by atoms with Crippen LogP contribution in [0.25, 0.3) is 0 Å². The standard InChI is InChI=1S/C18H17FN2O.ClH/c19-16-5-3-15(4-6-16)18(8-1-9-20)17-7-2-13(11-21)10-14(17)12-22-18;/h2-7,10H,1,8-9,12,20H2;1H/t18-;/m0./s1. The van der Waals surface area contributed by atoms with Gasteiger partial charge >= 0.3 is 0 Å². The van der Waals surface area contributed by atoms with Crippen molar-refractivity contribution in [3.8, 4) is 6.07 Å². The predicted octanol–water partition coefficient (Wildman–Crippen LogP) is 3.63. The number of nitrogens with zero attached hydrogens (tertiary/aromatic N) is 1. The van der Waals surface area contributed by atoms with E-state index in [1.807, 2.05) is 12.1 Å². The Kier molecular flexibility index (Phi) is 5.38. The minimum Gasteiger partial charge on any atom is -0.361 e. The van der Waals surface area contributed by atoms with E-state index in [0.29, 0.717) is 18.7 Å². The minimum absolute atomic E-state index is 0. The van der Waals surface area contributed by atoms with E-state index in [9.17, 15) is 4.39 Å². The van der Waals surface area contributed by atoms with E-state index < -0.39 is 5.60 Å². The van der Waals surface area contributed by atoms with Gasteiger partial charge in [-0.15, -0.1) is 12.4 Å². The second kappa shape index (κ2) is 7.10. The van der Waals surface area contributed by atoms with Crippen LogP contribution >= 0.6 is 12.4 Å². The maximum atomic E-state index is 13.2. The third-order valence-corrected chi connectivity index (χ3v) is 4.19. The highest BCUT2D eigenvalue weighted by atomic mass is 35.5. The van der Waals surface area contributed by atoms with Gasteiger partial charge in [-0.2, -0.15) is 5.26 Å². The lowest BCUT2D eigenvalue weighted by Crippen LogP contribution is -2.28. The fraction of sp³-hybridized carbons (Fsp3) is 0.278. The average molecular weight is 333 g/mol. The Morgan fingerprint density at radius 2 is 1.96 bits per heavy atom. The van der Waals surface area contributed by atoms with Crippen molar-refractivity contribution in [3.05, 3.63) is 70.5 Å². The monoisotopic (exact) mass is 332 g/mol. The van der Waals surface area contributed by atoms with Crippen LogP contribution in [0.4, 0.5) is 4.39 Å². The molecule has 0 fully saturated rings. The molecule has 23 heavy (non-hydrogen) atoms. The average Bonchev–Trinajstić information content (AvgIpc) is 2.92. The molecule has 3 nitrogen and oxygen atoms in total. The van der Waals surface area contributed by atoms with Crippen LogP contribution in [0.5, 0.6) is 0 Å². The summed E-state index contributed by atoms with van der Waals surface area (Å²) >= 11 is 0. The quantitative estimate of drug-likeness (QED) is 0.930. The molecule has 3 rings (SSSR count). The molecule has 0 saturated carbocycles. The Morgan fingerprint density at radius 3 is 2.61 bits per heavy atom. The molecule has 1 heterocycles.